The van der Waals surface area contributed by atoms with Gasteiger partial charge in [-0.05, 0) is 23.3 Å². The Kier molecular flexibility index (Phi) is 6.26. The molecule has 2 N–H and O–H groups in total. The lowest BCUT2D eigenvalue weighted by atomic mass is 10.1. The van der Waals surface area contributed by atoms with Crippen LogP contribution in [-0.2, 0) is 13.0 Å². The van der Waals surface area contributed by atoms with Gasteiger partial charge < -0.3 is 24.4 Å². The molecule has 2 aromatic carbocycles. The van der Waals surface area contributed by atoms with Gasteiger partial charge in [-0.1, -0.05) is 30.3 Å². The molecule has 0 saturated carbocycles. The number of methoxy groups -OCH3 is 2. The molecule has 0 bridgehead atoms. The smallest absolute Gasteiger partial charge is 0.203 e. The number of hydrogen-bond donors (Lipinski definition) is 2. The largest absolute Gasteiger partial charge is 0.493 e. The van der Waals surface area contributed by atoms with Crippen molar-refractivity contribution < 1.29 is 24.4 Å². The van der Waals surface area contributed by atoms with Gasteiger partial charge in [0.05, 0.1) is 26.9 Å². The molecule has 2 aromatic rings. The molecular weight excluding hydrogens is 296 g/mol. The zero-order valence-electron chi connectivity index (χ0n) is 13.4. The maximum atomic E-state index is 9.60. The standard InChI is InChI=1S/C18H22O5/c1-21-16-9-14(8-15(20)11-19)10-17(22-2)18(16)23-12-13-6-4-3-5-7-13/h3-7,9-10,15,19-20H,8,11-12H2,1-2H3. The molecule has 0 amide bonds. The fourth-order valence-electron chi connectivity index (χ4n) is 2.26. The number of ether oxygens (including phenoxy) is 3. The molecular formula is C18H22O5. The molecule has 0 aliphatic rings. The second kappa shape index (κ2) is 8.41. The van der Waals surface area contributed by atoms with E-state index >= 15 is 0 Å². The SMILES string of the molecule is COc1cc(CC(O)CO)cc(OC)c1OCc1ccccc1. The number of rotatable bonds is 8. The van der Waals surface area contributed by atoms with Gasteiger partial charge in [-0.3, -0.25) is 0 Å². The minimum absolute atomic E-state index is 0.295. The Hall–Kier alpha value is -2.24. The molecule has 0 fully saturated rings. The summed E-state index contributed by atoms with van der Waals surface area (Å²) in [5.41, 5.74) is 1.84. The second-order valence-electron chi connectivity index (χ2n) is 5.14. The summed E-state index contributed by atoms with van der Waals surface area (Å²) in [4.78, 5) is 0. The number of hydrogen-bond acceptors (Lipinski definition) is 5. The first-order chi connectivity index (χ1) is 11.2. The van der Waals surface area contributed by atoms with Gasteiger partial charge in [0, 0.05) is 6.42 Å². The highest BCUT2D eigenvalue weighted by molar-refractivity contribution is 5.54. The molecule has 0 aliphatic heterocycles. The highest BCUT2D eigenvalue weighted by Crippen LogP contribution is 2.39. The van der Waals surface area contributed by atoms with Gasteiger partial charge in [0.15, 0.2) is 11.5 Å². The van der Waals surface area contributed by atoms with Crippen LogP contribution in [0.1, 0.15) is 11.1 Å². The number of aliphatic hydroxyl groups is 2. The molecule has 1 unspecified atom stereocenters. The van der Waals surface area contributed by atoms with E-state index in [-0.39, 0.29) is 6.61 Å². The molecule has 0 aromatic heterocycles. The van der Waals surface area contributed by atoms with E-state index < -0.39 is 6.10 Å². The van der Waals surface area contributed by atoms with Crippen LogP contribution in [0, 0.1) is 0 Å². The van der Waals surface area contributed by atoms with Gasteiger partial charge in [-0.25, -0.2) is 0 Å². The summed E-state index contributed by atoms with van der Waals surface area (Å²) in [7, 11) is 3.10. The third-order valence-electron chi connectivity index (χ3n) is 3.43. The Morgan fingerprint density at radius 2 is 1.57 bits per heavy atom. The van der Waals surface area contributed by atoms with Gasteiger partial charge >= 0.3 is 0 Å². The van der Waals surface area contributed by atoms with Crippen molar-refractivity contribution in [2.45, 2.75) is 19.1 Å². The third kappa shape index (κ3) is 4.61. The van der Waals surface area contributed by atoms with E-state index in [1.165, 1.54) is 0 Å². The molecule has 0 aliphatic carbocycles. The Morgan fingerprint density at radius 3 is 2.09 bits per heavy atom. The van der Waals surface area contributed by atoms with E-state index in [0.717, 1.165) is 11.1 Å². The maximum absolute atomic E-state index is 9.60. The summed E-state index contributed by atoms with van der Waals surface area (Å²) < 4.78 is 16.6. The van der Waals surface area contributed by atoms with Crippen molar-refractivity contribution in [1.82, 2.24) is 0 Å². The minimum Gasteiger partial charge on any atom is -0.493 e. The molecule has 23 heavy (non-hydrogen) atoms. The van der Waals surface area contributed by atoms with Crippen LogP contribution in [0.25, 0.3) is 0 Å². The molecule has 1 atom stereocenters. The molecule has 0 radical (unpaired) electrons. The molecule has 0 heterocycles. The Labute approximate surface area is 136 Å². The van der Waals surface area contributed by atoms with E-state index in [1.54, 1.807) is 26.4 Å². The van der Waals surface area contributed by atoms with Gasteiger partial charge in [0.25, 0.3) is 0 Å². The van der Waals surface area contributed by atoms with Crippen molar-refractivity contribution in [2.24, 2.45) is 0 Å². The van der Waals surface area contributed by atoms with E-state index in [0.29, 0.717) is 30.3 Å². The van der Waals surface area contributed by atoms with Gasteiger partial charge in [0.1, 0.15) is 6.61 Å². The lowest BCUT2D eigenvalue weighted by Gasteiger charge is -2.17. The van der Waals surface area contributed by atoms with Crippen LogP contribution in [0.4, 0.5) is 0 Å². The average Bonchev–Trinajstić information content (AvgIpc) is 2.60. The van der Waals surface area contributed by atoms with E-state index in [4.69, 9.17) is 19.3 Å². The predicted octanol–water partition coefficient (Wildman–Crippen LogP) is 2.18. The van der Waals surface area contributed by atoms with Crippen LogP contribution in [0.2, 0.25) is 0 Å². The summed E-state index contributed by atoms with van der Waals surface area (Å²) in [5, 5.41) is 18.6. The van der Waals surface area contributed by atoms with Crippen molar-refractivity contribution in [2.75, 3.05) is 20.8 Å². The fraction of sp³-hybridized carbons (Fsp3) is 0.333. The quantitative estimate of drug-likeness (QED) is 0.781. The van der Waals surface area contributed by atoms with Crippen molar-refractivity contribution in [3.63, 3.8) is 0 Å². The van der Waals surface area contributed by atoms with E-state index in [9.17, 15) is 5.11 Å². The van der Waals surface area contributed by atoms with Crippen molar-refractivity contribution >= 4 is 0 Å². The molecule has 2 rings (SSSR count). The zero-order valence-corrected chi connectivity index (χ0v) is 13.4. The normalized spacial score (nSPS) is 11.8. The van der Waals surface area contributed by atoms with Gasteiger partial charge in [0.2, 0.25) is 5.75 Å². The Morgan fingerprint density at radius 1 is 0.957 bits per heavy atom. The molecule has 5 nitrogen and oxygen atoms in total. The first kappa shape index (κ1) is 17.1. The first-order valence-electron chi connectivity index (χ1n) is 7.38. The van der Waals surface area contributed by atoms with Crippen LogP contribution in [0.3, 0.4) is 0 Å². The summed E-state index contributed by atoms with van der Waals surface area (Å²) in [6.07, 6.45) is -0.511. The van der Waals surface area contributed by atoms with Gasteiger partial charge in [-0.15, -0.1) is 0 Å². The zero-order chi connectivity index (χ0) is 16.7. The van der Waals surface area contributed by atoms with Crippen LogP contribution < -0.4 is 14.2 Å². The lowest BCUT2D eigenvalue weighted by molar-refractivity contribution is 0.0954. The second-order valence-corrected chi connectivity index (χ2v) is 5.14. The topological polar surface area (TPSA) is 68.2 Å². The predicted molar refractivity (Wildman–Crippen MR) is 87.1 cm³/mol. The average molecular weight is 318 g/mol. The van der Waals surface area contributed by atoms with E-state index in [2.05, 4.69) is 0 Å². The minimum atomic E-state index is -0.819. The molecule has 5 heteroatoms. The highest BCUT2D eigenvalue weighted by atomic mass is 16.5. The highest BCUT2D eigenvalue weighted by Gasteiger charge is 2.16. The van der Waals surface area contributed by atoms with Crippen molar-refractivity contribution in [3.05, 3.63) is 53.6 Å². The van der Waals surface area contributed by atoms with Crippen LogP contribution >= 0.6 is 0 Å². The van der Waals surface area contributed by atoms with Crippen LogP contribution in [0.5, 0.6) is 17.2 Å². The summed E-state index contributed by atoms with van der Waals surface area (Å²) >= 11 is 0. The Balaban J connectivity index is 2.23. The fourth-order valence-corrected chi connectivity index (χ4v) is 2.26. The van der Waals surface area contributed by atoms with Crippen molar-refractivity contribution in [3.8, 4) is 17.2 Å². The molecule has 0 spiro atoms. The first-order valence-corrected chi connectivity index (χ1v) is 7.38. The lowest BCUT2D eigenvalue weighted by Crippen LogP contribution is -2.15. The Bertz CT molecular complexity index is 587. The van der Waals surface area contributed by atoms with Crippen LogP contribution in [-0.4, -0.2) is 37.1 Å². The van der Waals surface area contributed by atoms with Crippen LogP contribution in [0.15, 0.2) is 42.5 Å². The number of benzene rings is 2. The third-order valence-corrected chi connectivity index (χ3v) is 3.43. The number of aliphatic hydroxyl groups excluding tert-OH is 2. The summed E-state index contributed by atoms with van der Waals surface area (Å²) in [5.74, 6) is 1.57. The molecule has 124 valence electrons. The monoisotopic (exact) mass is 318 g/mol. The van der Waals surface area contributed by atoms with Crippen molar-refractivity contribution in [1.29, 1.82) is 0 Å². The van der Waals surface area contributed by atoms with Gasteiger partial charge in [-0.2, -0.15) is 0 Å². The summed E-state index contributed by atoms with van der Waals surface area (Å²) in [6.45, 7) is 0.100. The molecule has 0 saturated heterocycles. The van der Waals surface area contributed by atoms with E-state index in [1.807, 2.05) is 30.3 Å². The summed E-state index contributed by atoms with van der Waals surface area (Å²) in [6, 6.07) is 13.4. The maximum Gasteiger partial charge on any atom is 0.203 e.